The summed E-state index contributed by atoms with van der Waals surface area (Å²) in [7, 11) is 0. The minimum atomic E-state index is -0.848. The van der Waals surface area contributed by atoms with Crippen molar-refractivity contribution in [2.75, 3.05) is 4.90 Å². The van der Waals surface area contributed by atoms with Crippen LogP contribution in [0.5, 0.6) is 5.75 Å². The molecule has 166 valence electrons. The Morgan fingerprint density at radius 1 is 1.03 bits per heavy atom. The molecule has 4 rings (SSSR count). The van der Waals surface area contributed by atoms with Crippen LogP contribution in [0.25, 0.3) is 6.08 Å². The minimum absolute atomic E-state index is 0.146. The highest BCUT2D eigenvalue weighted by atomic mass is 35.5. The Kier molecular flexibility index (Phi) is 6.24. The lowest BCUT2D eigenvalue weighted by Crippen LogP contribution is -2.54. The van der Waals surface area contributed by atoms with Gasteiger partial charge in [0, 0.05) is 5.02 Å². The van der Waals surface area contributed by atoms with Crippen molar-refractivity contribution in [1.29, 1.82) is 0 Å². The third kappa shape index (κ3) is 4.78. The molecule has 1 heterocycles. The molecule has 1 aliphatic heterocycles. The van der Waals surface area contributed by atoms with Crippen molar-refractivity contribution in [3.05, 3.63) is 99.8 Å². The number of imide groups is 2. The van der Waals surface area contributed by atoms with Gasteiger partial charge >= 0.3 is 6.03 Å². The Bertz CT molecular complexity index is 1310. The first kappa shape index (κ1) is 22.2. The van der Waals surface area contributed by atoms with Gasteiger partial charge in [-0.1, -0.05) is 41.9 Å². The molecule has 33 heavy (non-hydrogen) atoms. The second-order valence-electron chi connectivity index (χ2n) is 7.33. The second kappa shape index (κ2) is 9.26. The summed E-state index contributed by atoms with van der Waals surface area (Å²) in [4.78, 5) is 38.9. The molecule has 1 fully saturated rings. The van der Waals surface area contributed by atoms with Crippen LogP contribution in [0.3, 0.4) is 0 Å². The Balaban J connectivity index is 1.60. The molecular formula is C25H18ClFN2O4. The van der Waals surface area contributed by atoms with Crippen LogP contribution >= 0.6 is 11.6 Å². The lowest BCUT2D eigenvalue weighted by atomic mass is 10.1. The first-order chi connectivity index (χ1) is 15.8. The molecule has 0 atom stereocenters. The van der Waals surface area contributed by atoms with Gasteiger partial charge in [-0.3, -0.25) is 14.9 Å². The quantitative estimate of drug-likeness (QED) is 0.424. The van der Waals surface area contributed by atoms with Crippen LogP contribution in [0.15, 0.2) is 72.3 Å². The monoisotopic (exact) mass is 464 g/mol. The van der Waals surface area contributed by atoms with E-state index in [1.807, 2.05) is 0 Å². The normalized spacial score (nSPS) is 15.1. The maximum Gasteiger partial charge on any atom is 0.335 e. The third-order valence-corrected chi connectivity index (χ3v) is 5.45. The lowest BCUT2D eigenvalue weighted by Gasteiger charge is -2.27. The van der Waals surface area contributed by atoms with Crippen molar-refractivity contribution in [3.8, 4) is 5.75 Å². The van der Waals surface area contributed by atoms with Crippen molar-refractivity contribution < 1.29 is 23.5 Å². The van der Waals surface area contributed by atoms with Crippen molar-refractivity contribution in [1.82, 2.24) is 5.32 Å². The summed E-state index contributed by atoms with van der Waals surface area (Å²) in [5.74, 6) is -1.45. The van der Waals surface area contributed by atoms with Gasteiger partial charge in [-0.2, -0.15) is 0 Å². The zero-order chi connectivity index (χ0) is 23.5. The Labute approximate surface area is 194 Å². The number of nitrogens with one attached hydrogen (secondary N) is 1. The summed E-state index contributed by atoms with van der Waals surface area (Å²) in [6.07, 6.45) is 1.38. The third-order valence-electron chi connectivity index (χ3n) is 5.05. The molecular weight excluding hydrogens is 447 g/mol. The second-order valence-corrected chi connectivity index (χ2v) is 7.74. The van der Waals surface area contributed by atoms with E-state index in [9.17, 15) is 18.8 Å². The molecule has 0 saturated carbocycles. The molecule has 4 amide bonds. The molecule has 0 aliphatic carbocycles. The lowest BCUT2D eigenvalue weighted by molar-refractivity contribution is -0.122. The van der Waals surface area contributed by atoms with Crippen molar-refractivity contribution in [3.63, 3.8) is 0 Å². The van der Waals surface area contributed by atoms with Crippen molar-refractivity contribution >= 4 is 41.2 Å². The van der Waals surface area contributed by atoms with E-state index < -0.39 is 17.8 Å². The number of nitrogens with zero attached hydrogens (tertiary/aromatic N) is 1. The molecule has 3 aromatic rings. The summed E-state index contributed by atoms with van der Waals surface area (Å²) in [6, 6.07) is 16.8. The van der Waals surface area contributed by atoms with E-state index in [1.54, 1.807) is 61.5 Å². The summed E-state index contributed by atoms with van der Waals surface area (Å²) < 4.78 is 19.1. The number of carbonyl (C=O) groups excluding carboxylic acids is 3. The van der Waals surface area contributed by atoms with E-state index >= 15 is 0 Å². The Morgan fingerprint density at radius 3 is 2.58 bits per heavy atom. The number of rotatable bonds is 5. The smallest absolute Gasteiger partial charge is 0.335 e. The summed E-state index contributed by atoms with van der Waals surface area (Å²) in [5, 5.41) is 2.58. The van der Waals surface area contributed by atoms with Crippen molar-refractivity contribution in [2.45, 2.75) is 13.5 Å². The summed E-state index contributed by atoms with van der Waals surface area (Å²) >= 11 is 6.14. The molecule has 1 N–H and O–H groups in total. The van der Waals surface area contributed by atoms with E-state index in [2.05, 4.69) is 5.32 Å². The fourth-order valence-electron chi connectivity index (χ4n) is 3.37. The maximum atomic E-state index is 13.4. The van der Waals surface area contributed by atoms with Crippen LogP contribution in [0.2, 0.25) is 5.02 Å². The van der Waals surface area contributed by atoms with E-state index in [0.29, 0.717) is 27.5 Å². The van der Waals surface area contributed by atoms with Crippen LogP contribution in [-0.4, -0.2) is 17.8 Å². The van der Waals surface area contributed by atoms with Crippen LogP contribution in [-0.2, 0) is 16.2 Å². The fourth-order valence-corrected chi connectivity index (χ4v) is 3.54. The van der Waals surface area contributed by atoms with Crippen LogP contribution in [0.4, 0.5) is 14.9 Å². The number of anilines is 1. The first-order valence-corrected chi connectivity index (χ1v) is 10.3. The van der Waals surface area contributed by atoms with Gasteiger partial charge in [0.15, 0.2) is 0 Å². The maximum absolute atomic E-state index is 13.4. The molecule has 1 saturated heterocycles. The number of benzene rings is 3. The summed E-state index contributed by atoms with van der Waals surface area (Å²) in [5.41, 5.74) is 1.78. The number of carbonyl (C=O) groups is 3. The standard InChI is InChI=1S/C25H18ClFN2O4/c1-15-21(26)9-4-10-22(15)29-24(31)20(23(30)28-25(29)32)13-16-5-3-8-19(12-16)33-14-17-6-2-7-18(27)11-17/h2-13H,14H2,1H3,(H,28,30,32)/b20-13-. The topological polar surface area (TPSA) is 75.7 Å². The van der Waals surface area contributed by atoms with Gasteiger partial charge in [-0.15, -0.1) is 0 Å². The van der Waals surface area contributed by atoms with Gasteiger partial charge in [0.05, 0.1) is 5.69 Å². The first-order valence-electron chi connectivity index (χ1n) is 9.97. The average molecular weight is 465 g/mol. The van der Waals surface area contributed by atoms with Crippen molar-refractivity contribution in [2.24, 2.45) is 0 Å². The number of halogens is 2. The molecule has 8 heteroatoms. The highest BCUT2D eigenvalue weighted by molar-refractivity contribution is 6.39. The van der Waals surface area contributed by atoms with Gasteiger partial charge in [-0.05, 0) is 66.1 Å². The van der Waals surface area contributed by atoms with E-state index in [-0.39, 0.29) is 23.7 Å². The Morgan fingerprint density at radius 2 is 1.79 bits per heavy atom. The zero-order valence-electron chi connectivity index (χ0n) is 17.5. The predicted octanol–water partition coefficient (Wildman–Crippen LogP) is 5.03. The SMILES string of the molecule is Cc1c(Cl)cccc1N1C(=O)NC(=O)/C(=C/c2cccc(OCc3cccc(F)c3)c2)C1=O. The van der Waals surface area contributed by atoms with Gasteiger partial charge in [0.1, 0.15) is 23.7 Å². The van der Waals surface area contributed by atoms with E-state index in [4.69, 9.17) is 16.3 Å². The van der Waals surface area contributed by atoms with E-state index in [1.165, 1.54) is 18.2 Å². The zero-order valence-corrected chi connectivity index (χ0v) is 18.2. The fraction of sp³-hybridized carbons (Fsp3) is 0.0800. The predicted molar refractivity (Wildman–Crippen MR) is 122 cm³/mol. The van der Waals surface area contributed by atoms with Gasteiger partial charge in [-0.25, -0.2) is 14.1 Å². The average Bonchev–Trinajstić information content (AvgIpc) is 2.78. The number of barbiturate groups is 1. The van der Waals surface area contributed by atoms with Crippen LogP contribution in [0, 0.1) is 12.7 Å². The molecule has 0 radical (unpaired) electrons. The molecule has 0 unspecified atom stereocenters. The number of amides is 4. The van der Waals surface area contributed by atoms with Crippen LogP contribution in [0.1, 0.15) is 16.7 Å². The number of urea groups is 1. The molecule has 6 nitrogen and oxygen atoms in total. The number of ether oxygens (including phenoxy) is 1. The van der Waals surface area contributed by atoms with Gasteiger partial charge < -0.3 is 4.74 Å². The van der Waals surface area contributed by atoms with Crippen LogP contribution < -0.4 is 15.0 Å². The van der Waals surface area contributed by atoms with Gasteiger partial charge in [0.25, 0.3) is 11.8 Å². The molecule has 1 aliphatic rings. The highest BCUT2D eigenvalue weighted by Crippen LogP contribution is 2.29. The summed E-state index contributed by atoms with van der Waals surface area (Å²) in [6.45, 7) is 1.82. The van der Waals surface area contributed by atoms with Gasteiger partial charge in [0.2, 0.25) is 0 Å². The molecule has 3 aromatic carbocycles. The largest absolute Gasteiger partial charge is 0.489 e. The highest BCUT2D eigenvalue weighted by Gasteiger charge is 2.37. The number of hydrogen-bond donors (Lipinski definition) is 1. The molecule has 0 spiro atoms. The molecule has 0 bridgehead atoms. The minimum Gasteiger partial charge on any atom is -0.489 e. The number of hydrogen-bond acceptors (Lipinski definition) is 4. The molecule has 0 aromatic heterocycles. The Hall–Kier alpha value is -3.97. The van der Waals surface area contributed by atoms with E-state index in [0.717, 1.165) is 4.90 Å².